The van der Waals surface area contributed by atoms with Gasteiger partial charge in [0.25, 0.3) is 5.88 Å². The van der Waals surface area contributed by atoms with Gasteiger partial charge in [0.15, 0.2) is 0 Å². The fraction of sp³-hybridized carbons (Fsp3) is 0.167. The number of aryl methyl sites for hydroxylation is 2. The lowest BCUT2D eigenvalue weighted by Gasteiger charge is -2.06. The second-order valence-electron chi connectivity index (χ2n) is 4.11. The quantitative estimate of drug-likeness (QED) is 0.671. The summed E-state index contributed by atoms with van der Waals surface area (Å²) in [6, 6.07) is 6.08. The molecule has 0 atom stereocenters. The number of rotatable bonds is 4. The molecule has 0 aliphatic rings. The molecule has 0 bridgehead atoms. The van der Waals surface area contributed by atoms with E-state index in [4.69, 9.17) is 10.5 Å². The van der Waals surface area contributed by atoms with Gasteiger partial charge in [0, 0.05) is 12.6 Å². The summed E-state index contributed by atoms with van der Waals surface area (Å²) in [5, 5.41) is 15.0. The summed E-state index contributed by atoms with van der Waals surface area (Å²) in [4.78, 5) is 21.6. The summed E-state index contributed by atoms with van der Waals surface area (Å²) in [5.74, 6) is -0.340. The van der Waals surface area contributed by atoms with E-state index in [1.807, 2.05) is 0 Å². The Hall–Kier alpha value is -2.90. The van der Waals surface area contributed by atoms with Crippen molar-refractivity contribution in [3.8, 4) is 11.6 Å². The van der Waals surface area contributed by atoms with E-state index in [0.29, 0.717) is 0 Å². The number of ether oxygens (including phenoxy) is 1. The van der Waals surface area contributed by atoms with Crippen molar-refractivity contribution in [3.05, 3.63) is 45.6 Å². The Morgan fingerprint density at radius 2 is 2.20 bits per heavy atom. The number of nitrogens with zero attached hydrogens (tertiary/aromatic N) is 3. The number of hydrogen-bond donors (Lipinski definition) is 1. The molecule has 2 aromatic rings. The number of primary amides is 1. The Morgan fingerprint density at radius 3 is 2.80 bits per heavy atom. The zero-order valence-electron chi connectivity index (χ0n) is 10.9. The van der Waals surface area contributed by atoms with E-state index in [9.17, 15) is 14.9 Å². The fourth-order valence-electron chi connectivity index (χ4n) is 1.77. The van der Waals surface area contributed by atoms with Crippen molar-refractivity contribution in [2.24, 2.45) is 12.8 Å². The molecule has 1 aromatic carbocycles. The van der Waals surface area contributed by atoms with Gasteiger partial charge in [-0.2, -0.15) is 5.10 Å². The van der Waals surface area contributed by atoms with Crippen LogP contribution in [0.2, 0.25) is 0 Å². The normalized spacial score (nSPS) is 10.3. The van der Waals surface area contributed by atoms with Gasteiger partial charge in [-0.3, -0.25) is 14.9 Å². The highest BCUT2D eigenvalue weighted by Crippen LogP contribution is 2.33. The topological polar surface area (TPSA) is 113 Å². The monoisotopic (exact) mass is 276 g/mol. The molecular formula is C12H12N4O4. The average molecular weight is 276 g/mol. The zero-order valence-corrected chi connectivity index (χ0v) is 10.9. The summed E-state index contributed by atoms with van der Waals surface area (Å²) in [5.41, 5.74) is 5.46. The molecule has 0 aliphatic carbocycles. The van der Waals surface area contributed by atoms with Crippen LogP contribution in [0.1, 0.15) is 16.1 Å². The standard InChI is InChI=1S/C12H12N4O4/c1-7-10(16(18)19)12(15(2)14-7)20-9-5-3-4-8(6-9)11(13)17/h3-6H,1-2H3,(H2,13,17). The van der Waals surface area contributed by atoms with Gasteiger partial charge in [0.2, 0.25) is 5.91 Å². The van der Waals surface area contributed by atoms with Gasteiger partial charge in [-0.1, -0.05) is 6.07 Å². The van der Waals surface area contributed by atoms with Crippen LogP contribution in [0.25, 0.3) is 0 Å². The third-order valence-corrected chi connectivity index (χ3v) is 2.65. The van der Waals surface area contributed by atoms with Crippen molar-refractivity contribution >= 4 is 11.6 Å². The van der Waals surface area contributed by atoms with E-state index in [2.05, 4.69) is 5.10 Å². The zero-order chi connectivity index (χ0) is 14.9. The highest BCUT2D eigenvalue weighted by molar-refractivity contribution is 5.93. The number of benzene rings is 1. The van der Waals surface area contributed by atoms with Crippen molar-refractivity contribution < 1.29 is 14.5 Å². The maximum Gasteiger partial charge on any atom is 0.353 e. The SMILES string of the molecule is Cc1nn(C)c(Oc2cccc(C(N)=O)c2)c1[N+](=O)[O-]. The molecular weight excluding hydrogens is 264 g/mol. The third-order valence-electron chi connectivity index (χ3n) is 2.65. The van der Waals surface area contributed by atoms with Gasteiger partial charge in [-0.25, -0.2) is 4.68 Å². The number of carbonyl (C=O) groups is 1. The van der Waals surface area contributed by atoms with E-state index in [-0.39, 0.29) is 28.6 Å². The number of nitrogens with two attached hydrogens (primary N) is 1. The first-order chi connectivity index (χ1) is 9.40. The van der Waals surface area contributed by atoms with Gasteiger partial charge < -0.3 is 10.5 Å². The molecule has 0 saturated heterocycles. The van der Waals surface area contributed by atoms with Crippen molar-refractivity contribution in [1.29, 1.82) is 0 Å². The second kappa shape index (κ2) is 5.00. The lowest BCUT2D eigenvalue weighted by Crippen LogP contribution is -2.10. The van der Waals surface area contributed by atoms with Crippen LogP contribution in [0.15, 0.2) is 24.3 Å². The molecule has 20 heavy (non-hydrogen) atoms. The maximum absolute atomic E-state index is 11.1. The maximum atomic E-state index is 11.1. The predicted molar refractivity (Wildman–Crippen MR) is 69.6 cm³/mol. The molecule has 1 heterocycles. The van der Waals surface area contributed by atoms with Crippen molar-refractivity contribution in [2.45, 2.75) is 6.92 Å². The van der Waals surface area contributed by atoms with Gasteiger partial charge in [-0.15, -0.1) is 0 Å². The minimum atomic E-state index is -0.605. The minimum absolute atomic E-state index is 0.00544. The molecule has 104 valence electrons. The summed E-state index contributed by atoms with van der Waals surface area (Å²) in [6.45, 7) is 1.52. The average Bonchev–Trinajstić information content (AvgIpc) is 2.64. The molecule has 2 N–H and O–H groups in total. The Bertz CT molecular complexity index is 693. The Labute approximate surface area is 113 Å². The highest BCUT2D eigenvalue weighted by atomic mass is 16.6. The lowest BCUT2D eigenvalue weighted by molar-refractivity contribution is -0.386. The summed E-state index contributed by atoms with van der Waals surface area (Å²) < 4.78 is 6.73. The summed E-state index contributed by atoms with van der Waals surface area (Å²) >= 11 is 0. The molecule has 8 nitrogen and oxygen atoms in total. The second-order valence-corrected chi connectivity index (χ2v) is 4.11. The molecule has 8 heteroatoms. The molecule has 0 radical (unpaired) electrons. The molecule has 0 unspecified atom stereocenters. The third kappa shape index (κ3) is 2.44. The number of aromatic nitrogens is 2. The van der Waals surface area contributed by atoms with E-state index >= 15 is 0 Å². The van der Waals surface area contributed by atoms with E-state index < -0.39 is 10.8 Å². The van der Waals surface area contributed by atoms with Crippen LogP contribution in [0.3, 0.4) is 0 Å². The van der Waals surface area contributed by atoms with E-state index in [1.165, 1.54) is 30.8 Å². The lowest BCUT2D eigenvalue weighted by atomic mass is 10.2. The fourth-order valence-corrected chi connectivity index (χ4v) is 1.77. The van der Waals surface area contributed by atoms with Crippen LogP contribution >= 0.6 is 0 Å². The van der Waals surface area contributed by atoms with Crippen molar-refractivity contribution in [1.82, 2.24) is 9.78 Å². The van der Waals surface area contributed by atoms with E-state index in [0.717, 1.165) is 0 Å². The first kappa shape index (κ1) is 13.5. The first-order valence-electron chi connectivity index (χ1n) is 5.66. The van der Waals surface area contributed by atoms with Crippen LogP contribution in [0.5, 0.6) is 11.6 Å². The summed E-state index contributed by atoms with van der Waals surface area (Å²) in [6.07, 6.45) is 0. The van der Waals surface area contributed by atoms with Gasteiger partial charge in [0.05, 0.1) is 4.92 Å². The Morgan fingerprint density at radius 1 is 1.50 bits per heavy atom. The van der Waals surface area contributed by atoms with Crippen LogP contribution in [-0.4, -0.2) is 20.6 Å². The van der Waals surface area contributed by atoms with Crippen molar-refractivity contribution in [3.63, 3.8) is 0 Å². The summed E-state index contributed by atoms with van der Waals surface area (Å²) in [7, 11) is 1.53. The van der Waals surface area contributed by atoms with Gasteiger partial charge in [-0.05, 0) is 25.1 Å². The van der Waals surface area contributed by atoms with Crippen LogP contribution in [0.4, 0.5) is 5.69 Å². The minimum Gasteiger partial charge on any atom is -0.434 e. The molecule has 0 aliphatic heterocycles. The van der Waals surface area contributed by atoms with E-state index in [1.54, 1.807) is 12.1 Å². The van der Waals surface area contributed by atoms with Gasteiger partial charge >= 0.3 is 5.69 Å². The number of amides is 1. The largest absolute Gasteiger partial charge is 0.434 e. The van der Waals surface area contributed by atoms with Crippen LogP contribution < -0.4 is 10.5 Å². The number of hydrogen-bond acceptors (Lipinski definition) is 5. The molecule has 0 spiro atoms. The molecule has 1 amide bonds. The molecule has 0 fully saturated rings. The van der Waals surface area contributed by atoms with Crippen LogP contribution in [-0.2, 0) is 7.05 Å². The predicted octanol–water partition coefficient (Wildman–Crippen LogP) is 1.53. The van der Waals surface area contributed by atoms with Gasteiger partial charge in [0.1, 0.15) is 11.4 Å². The molecule has 0 saturated carbocycles. The Kier molecular flexibility index (Phi) is 3.38. The molecule has 1 aromatic heterocycles. The smallest absolute Gasteiger partial charge is 0.353 e. The number of nitro groups is 1. The van der Waals surface area contributed by atoms with Crippen LogP contribution in [0, 0.1) is 17.0 Å². The Balaban J connectivity index is 2.42. The van der Waals surface area contributed by atoms with Crippen molar-refractivity contribution in [2.75, 3.05) is 0 Å². The number of carbonyl (C=O) groups excluding carboxylic acids is 1. The highest BCUT2D eigenvalue weighted by Gasteiger charge is 2.26. The first-order valence-corrected chi connectivity index (χ1v) is 5.66. The molecule has 2 rings (SSSR count).